The molecule has 6 heteroatoms. The SMILES string of the molecule is CCN(CC)CCCCNC(=NC)N1CCN(c2ccc(OC)cc2)CC1. The fraction of sp³-hybridized carbons (Fsp3) is 0.667. The van der Waals surface area contributed by atoms with Gasteiger partial charge in [0.25, 0.3) is 0 Å². The second-order valence-electron chi connectivity index (χ2n) is 6.88. The van der Waals surface area contributed by atoms with Crippen LogP contribution in [0.1, 0.15) is 26.7 Å². The molecular weight excluding hydrogens is 338 g/mol. The molecule has 1 N–H and O–H groups in total. The molecule has 0 amide bonds. The Morgan fingerprint density at radius 1 is 1.07 bits per heavy atom. The zero-order chi connectivity index (χ0) is 19.5. The second-order valence-corrected chi connectivity index (χ2v) is 6.88. The maximum absolute atomic E-state index is 5.25. The Labute approximate surface area is 165 Å². The first-order valence-electron chi connectivity index (χ1n) is 10.3. The highest BCUT2D eigenvalue weighted by Crippen LogP contribution is 2.20. The predicted molar refractivity (Wildman–Crippen MR) is 115 cm³/mol. The molecule has 1 fully saturated rings. The molecule has 1 heterocycles. The summed E-state index contributed by atoms with van der Waals surface area (Å²) in [6.45, 7) is 12.9. The molecule has 1 aromatic rings. The molecule has 152 valence electrons. The van der Waals surface area contributed by atoms with E-state index >= 15 is 0 Å². The number of guanidine groups is 1. The number of nitrogens with zero attached hydrogens (tertiary/aromatic N) is 4. The summed E-state index contributed by atoms with van der Waals surface area (Å²) < 4.78 is 5.25. The normalized spacial score (nSPS) is 15.4. The number of hydrogen-bond donors (Lipinski definition) is 1. The number of unbranched alkanes of at least 4 members (excludes halogenated alkanes) is 1. The highest BCUT2D eigenvalue weighted by Gasteiger charge is 2.19. The van der Waals surface area contributed by atoms with Crippen LogP contribution in [-0.2, 0) is 0 Å². The molecule has 0 atom stereocenters. The first-order chi connectivity index (χ1) is 13.2. The molecule has 0 aromatic heterocycles. The number of ether oxygens (including phenoxy) is 1. The van der Waals surface area contributed by atoms with Crippen molar-refractivity contribution in [1.29, 1.82) is 0 Å². The number of benzene rings is 1. The summed E-state index contributed by atoms with van der Waals surface area (Å²) in [5, 5.41) is 3.54. The van der Waals surface area contributed by atoms with Gasteiger partial charge in [-0.2, -0.15) is 0 Å². The van der Waals surface area contributed by atoms with Crippen LogP contribution in [0.5, 0.6) is 5.75 Å². The Kier molecular flexibility index (Phi) is 9.25. The smallest absolute Gasteiger partial charge is 0.193 e. The van der Waals surface area contributed by atoms with Gasteiger partial charge in [0.2, 0.25) is 0 Å². The summed E-state index contributed by atoms with van der Waals surface area (Å²) in [5.74, 6) is 1.94. The third-order valence-electron chi connectivity index (χ3n) is 5.31. The van der Waals surface area contributed by atoms with Crippen LogP contribution in [0, 0.1) is 0 Å². The van der Waals surface area contributed by atoms with Crippen molar-refractivity contribution in [3.63, 3.8) is 0 Å². The van der Waals surface area contributed by atoms with Gasteiger partial charge in [-0.1, -0.05) is 13.8 Å². The van der Waals surface area contributed by atoms with Gasteiger partial charge in [0.1, 0.15) is 5.75 Å². The number of piperazine rings is 1. The first-order valence-corrected chi connectivity index (χ1v) is 10.3. The van der Waals surface area contributed by atoms with Gasteiger partial charge in [-0.25, -0.2) is 0 Å². The molecule has 1 aromatic carbocycles. The fourth-order valence-corrected chi connectivity index (χ4v) is 3.50. The lowest BCUT2D eigenvalue weighted by Gasteiger charge is -2.37. The molecule has 2 rings (SSSR count). The number of rotatable bonds is 9. The van der Waals surface area contributed by atoms with E-state index in [4.69, 9.17) is 4.74 Å². The van der Waals surface area contributed by atoms with Crippen LogP contribution in [-0.4, -0.2) is 82.3 Å². The minimum Gasteiger partial charge on any atom is -0.497 e. The molecular formula is C21H37N5O. The average molecular weight is 376 g/mol. The lowest BCUT2D eigenvalue weighted by Crippen LogP contribution is -2.52. The molecule has 0 unspecified atom stereocenters. The lowest BCUT2D eigenvalue weighted by molar-refractivity contribution is 0.296. The van der Waals surface area contributed by atoms with Crippen molar-refractivity contribution in [3.8, 4) is 5.75 Å². The zero-order valence-electron chi connectivity index (χ0n) is 17.6. The average Bonchev–Trinajstić information content (AvgIpc) is 2.74. The highest BCUT2D eigenvalue weighted by molar-refractivity contribution is 5.80. The minimum absolute atomic E-state index is 0.906. The Balaban J connectivity index is 1.71. The largest absolute Gasteiger partial charge is 0.497 e. The third kappa shape index (κ3) is 6.61. The van der Waals surface area contributed by atoms with Gasteiger partial charge in [0.05, 0.1) is 7.11 Å². The molecule has 0 spiro atoms. The number of aliphatic imine (C=N–C) groups is 1. The second kappa shape index (κ2) is 11.7. The summed E-state index contributed by atoms with van der Waals surface area (Å²) in [6.07, 6.45) is 2.41. The van der Waals surface area contributed by atoms with Gasteiger partial charge in [-0.05, 0) is 56.7 Å². The summed E-state index contributed by atoms with van der Waals surface area (Å²) >= 11 is 0. The van der Waals surface area contributed by atoms with Crippen molar-refractivity contribution in [2.24, 2.45) is 4.99 Å². The number of hydrogen-bond acceptors (Lipinski definition) is 4. The van der Waals surface area contributed by atoms with Crippen LogP contribution in [0.15, 0.2) is 29.3 Å². The fourth-order valence-electron chi connectivity index (χ4n) is 3.50. The molecule has 0 bridgehead atoms. The standard InChI is InChI=1S/C21H37N5O/c1-5-24(6-2)14-8-7-13-23-21(22-3)26-17-15-25(16-18-26)19-9-11-20(27-4)12-10-19/h9-12H,5-8,13-18H2,1-4H3,(H,22,23). The van der Waals surface area contributed by atoms with Gasteiger partial charge < -0.3 is 24.8 Å². The van der Waals surface area contributed by atoms with E-state index in [1.807, 2.05) is 19.2 Å². The van der Waals surface area contributed by atoms with Gasteiger partial charge in [-0.15, -0.1) is 0 Å². The van der Waals surface area contributed by atoms with E-state index in [-0.39, 0.29) is 0 Å². The van der Waals surface area contributed by atoms with E-state index in [0.29, 0.717) is 0 Å². The van der Waals surface area contributed by atoms with Crippen molar-refractivity contribution in [2.75, 3.05) is 71.4 Å². The van der Waals surface area contributed by atoms with Gasteiger partial charge in [-0.3, -0.25) is 4.99 Å². The van der Waals surface area contributed by atoms with E-state index in [9.17, 15) is 0 Å². The molecule has 1 saturated heterocycles. The predicted octanol–water partition coefficient (Wildman–Crippen LogP) is 2.51. The van der Waals surface area contributed by atoms with Gasteiger partial charge in [0.15, 0.2) is 5.96 Å². The van der Waals surface area contributed by atoms with Crippen molar-refractivity contribution in [1.82, 2.24) is 15.1 Å². The Hall–Kier alpha value is -1.95. The maximum Gasteiger partial charge on any atom is 0.193 e. The van der Waals surface area contributed by atoms with Crippen LogP contribution in [0.2, 0.25) is 0 Å². The topological polar surface area (TPSA) is 43.3 Å². The molecule has 6 nitrogen and oxygen atoms in total. The maximum atomic E-state index is 5.25. The summed E-state index contributed by atoms with van der Waals surface area (Å²) in [6, 6.07) is 8.33. The van der Waals surface area contributed by atoms with E-state index in [1.165, 1.54) is 25.1 Å². The van der Waals surface area contributed by atoms with Crippen molar-refractivity contribution < 1.29 is 4.74 Å². The van der Waals surface area contributed by atoms with E-state index in [2.05, 4.69) is 51.0 Å². The van der Waals surface area contributed by atoms with Crippen LogP contribution in [0.4, 0.5) is 5.69 Å². The van der Waals surface area contributed by atoms with Crippen molar-refractivity contribution in [2.45, 2.75) is 26.7 Å². The van der Waals surface area contributed by atoms with Crippen LogP contribution in [0.25, 0.3) is 0 Å². The lowest BCUT2D eigenvalue weighted by atomic mass is 10.2. The van der Waals surface area contributed by atoms with E-state index in [0.717, 1.165) is 57.5 Å². The van der Waals surface area contributed by atoms with E-state index < -0.39 is 0 Å². The Morgan fingerprint density at radius 3 is 2.30 bits per heavy atom. The molecule has 1 aliphatic rings. The van der Waals surface area contributed by atoms with Gasteiger partial charge >= 0.3 is 0 Å². The van der Waals surface area contributed by atoms with Gasteiger partial charge in [0, 0.05) is 45.5 Å². The Morgan fingerprint density at radius 2 is 1.74 bits per heavy atom. The number of anilines is 1. The van der Waals surface area contributed by atoms with Crippen LogP contribution < -0.4 is 15.0 Å². The van der Waals surface area contributed by atoms with Crippen molar-refractivity contribution >= 4 is 11.6 Å². The third-order valence-corrected chi connectivity index (χ3v) is 5.31. The molecule has 1 aliphatic heterocycles. The van der Waals surface area contributed by atoms with Crippen molar-refractivity contribution in [3.05, 3.63) is 24.3 Å². The molecule has 27 heavy (non-hydrogen) atoms. The summed E-state index contributed by atoms with van der Waals surface area (Å²) in [7, 11) is 3.59. The van der Waals surface area contributed by atoms with E-state index in [1.54, 1.807) is 7.11 Å². The Bertz CT molecular complexity index is 548. The summed E-state index contributed by atoms with van der Waals surface area (Å²) in [4.78, 5) is 11.8. The summed E-state index contributed by atoms with van der Waals surface area (Å²) in [5.41, 5.74) is 1.26. The quantitative estimate of drug-likeness (QED) is 0.408. The number of nitrogens with one attached hydrogen (secondary N) is 1. The monoisotopic (exact) mass is 375 g/mol. The molecule has 0 aliphatic carbocycles. The minimum atomic E-state index is 0.906. The molecule has 0 saturated carbocycles. The van der Waals surface area contributed by atoms with Crippen LogP contribution >= 0.6 is 0 Å². The van der Waals surface area contributed by atoms with Crippen LogP contribution in [0.3, 0.4) is 0 Å². The zero-order valence-corrected chi connectivity index (χ0v) is 17.6. The first kappa shape index (κ1) is 21.4. The number of methoxy groups -OCH3 is 1. The highest BCUT2D eigenvalue weighted by atomic mass is 16.5. The molecule has 0 radical (unpaired) electrons.